The van der Waals surface area contributed by atoms with Crippen LogP contribution in [0.25, 0.3) is 11.1 Å². The molecule has 3 atom stereocenters. The number of nitrogens with zero attached hydrogens (tertiary/aromatic N) is 2. The topological polar surface area (TPSA) is 121 Å². The van der Waals surface area contributed by atoms with Gasteiger partial charge in [-0.05, 0) is 42.4 Å². The van der Waals surface area contributed by atoms with Crippen LogP contribution in [0.3, 0.4) is 0 Å². The highest BCUT2D eigenvalue weighted by Crippen LogP contribution is 2.27. The second kappa shape index (κ2) is 9.35. The van der Waals surface area contributed by atoms with Crippen LogP contribution in [0.2, 0.25) is 0 Å². The zero-order chi connectivity index (χ0) is 23.7. The molecule has 2 heterocycles. The zero-order valence-corrected chi connectivity index (χ0v) is 19.6. The number of amides is 1. The predicted octanol–water partition coefficient (Wildman–Crippen LogP) is 2.64. The Morgan fingerprint density at radius 3 is 2.52 bits per heavy atom. The van der Waals surface area contributed by atoms with Gasteiger partial charge in [0.25, 0.3) is 0 Å². The molecule has 6 N–H and O–H groups in total. The molecule has 0 aromatic heterocycles. The van der Waals surface area contributed by atoms with Crippen molar-refractivity contribution in [3.05, 3.63) is 59.2 Å². The van der Waals surface area contributed by atoms with Crippen LogP contribution in [0.1, 0.15) is 43.4 Å². The van der Waals surface area contributed by atoms with Crippen molar-refractivity contribution in [1.29, 1.82) is 5.41 Å². The molecule has 1 unspecified atom stereocenters. The summed E-state index contributed by atoms with van der Waals surface area (Å²) in [6.45, 7) is 7.51. The molecular weight excluding hydrogens is 412 g/mol. The third-order valence-electron chi connectivity index (χ3n) is 6.83. The summed E-state index contributed by atoms with van der Waals surface area (Å²) in [5.41, 5.74) is 16.8. The highest BCUT2D eigenvalue weighted by atomic mass is 16.2. The van der Waals surface area contributed by atoms with Crippen molar-refractivity contribution < 1.29 is 4.79 Å². The third-order valence-corrected chi connectivity index (χ3v) is 6.83. The quantitative estimate of drug-likeness (QED) is 0.403. The fourth-order valence-corrected chi connectivity index (χ4v) is 4.75. The molecule has 2 aliphatic rings. The van der Waals surface area contributed by atoms with Gasteiger partial charge >= 0.3 is 0 Å². The van der Waals surface area contributed by atoms with E-state index >= 15 is 0 Å². The van der Waals surface area contributed by atoms with E-state index in [0.29, 0.717) is 6.54 Å². The summed E-state index contributed by atoms with van der Waals surface area (Å²) in [5, 5.41) is 11.2. The van der Waals surface area contributed by atoms with Crippen molar-refractivity contribution >= 4 is 17.6 Å². The number of aryl methyl sites for hydroxylation is 1. The Bertz CT molecular complexity index is 1070. The maximum absolute atomic E-state index is 12.9. The molecule has 4 rings (SSSR count). The molecule has 174 valence electrons. The van der Waals surface area contributed by atoms with Gasteiger partial charge in [-0.1, -0.05) is 56.3 Å². The molecule has 2 aromatic rings. The summed E-state index contributed by atoms with van der Waals surface area (Å²) >= 11 is 0. The molecule has 0 saturated carbocycles. The molecule has 0 aliphatic carbocycles. The van der Waals surface area contributed by atoms with E-state index in [9.17, 15) is 4.79 Å². The Balaban J connectivity index is 1.46. The van der Waals surface area contributed by atoms with Crippen molar-refractivity contribution in [2.75, 3.05) is 13.1 Å². The number of benzene rings is 2. The van der Waals surface area contributed by atoms with Crippen molar-refractivity contribution in [2.24, 2.45) is 22.4 Å². The molecule has 0 radical (unpaired) electrons. The lowest BCUT2D eigenvalue weighted by atomic mass is 9.98. The smallest absolute Gasteiger partial charge is 0.240 e. The fraction of sp³-hybridized carbons (Fsp3) is 0.423. The van der Waals surface area contributed by atoms with Crippen LogP contribution < -0.4 is 16.8 Å². The number of likely N-dealkylation sites (tertiary alicyclic amines) is 1. The van der Waals surface area contributed by atoms with Gasteiger partial charge in [0.05, 0.1) is 24.7 Å². The van der Waals surface area contributed by atoms with Crippen LogP contribution in [-0.2, 0) is 4.79 Å². The monoisotopic (exact) mass is 446 g/mol. The summed E-state index contributed by atoms with van der Waals surface area (Å²) in [6, 6.07) is 13.9. The number of nitrogens with one attached hydrogen (secondary N) is 2. The second-order valence-electron chi connectivity index (χ2n) is 9.47. The standard InChI is InChI=1S/C26H34N6O/c1-15(2)23(27)26(33)32-12-4-5-22(32)21-14-30-25(31-21)20-11-10-19(13-16(20)3)17-6-8-18(9-7-17)24(28)29/h6-11,13,15,21-23H,4-5,12,14,27H2,1-3H3,(H3,28,29)(H,30,31)/t21?,22-,23-/m0/s1. The van der Waals surface area contributed by atoms with Crippen LogP contribution >= 0.6 is 0 Å². The molecule has 1 fully saturated rings. The van der Waals surface area contributed by atoms with E-state index in [1.54, 1.807) is 0 Å². The minimum absolute atomic E-state index is 0.0547. The number of aliphatic imine (C=N–C) groups is 1. The summed E-state index contributed by atoms with van der Waals surface area (Å²) < 4.78 is 0. The van der Waals surface area contributed by atoms with Gasteiger partial charge in [-0.3, -0.25) is 15.2 Å². The molecule has 1 amide bonds. The number of nitrogens with two attached hydrogens (primary N) is 2. The Morgan fingerprint density at radius 1 is 1.18 bits per heavy atom. The van der Waals surface area contributed by atoms with E-state index < -0.39 is 6.04 Å². The van der Waals surface area contributed by atoms with Crippen LogP contribution in [0.5, 0.6) is 0 Å². The minimum Gasteiger partial charge on any atom is -0.384 e. The third kappa shape index (κ3) is 4.64. The molecule has 2 aliphatic heterocycles. The first kappa shape index (κ1) is 23.0. The Hall–Kier alpha value is -3.19. The van der Waals surface area contributed by atoms with Crippen LogP contribution in [0.4, 0.5) is 0 Å². The highest BCUT2D eigenvalue weighted by molar-refractivity contribution is 6.02. The van der Waals surface area contributed by atoms with E-state index in [-0.39, 0.29) is 29.7 Å². The number of hydrogen-bond acceptors (Lipinski definition) is 5. The molecule has 7 nitrogen and oxygen atoms in total. The molecule has 0 spiro atoms. The van der Waals surface area contributed by atoms with Crippen molar-refractivity contribution in [2.45, 2.75) is 51.7 Å². The average molecular weight is 447 g/mol. The van der Waals surface area contributed by atoms with Crippen molar-refractivity contribution in [3.63, 3.8) is 0 Å². The lowest BCUT2D eigenvalue weighted by Crippen LogP contribution is -2.54. The van der Waals surface area contributed by atoms with Crippen LogP contribution in [-0.4, -0.2) is 53.7 Å². The fourth-order valence-electron chi connectivity index (χ4n) is 4.75. The van der Waals surface area contributed by atoms with Gasteiger partial charge in [-0.25, -0.2) is 0 Å². The molecule has 7 heteroatoms. The molecular formula is C26H34N6O. The highest BCUT2D eigenvalue weighted by Gasteiger charge is 2.39. The Kier molecular flexibility index (Phi) is 6.51. The minimum atomic E-state index is -0.452. The number of amidine groups is 2. The molecule has 0 bridgehead atoms. The lowest BCUT2D eigenvalue weighted by Gasteiger charge is -2.32. The van der Waals surface area contributed by atoms with Crippen LogP contribution in [0.15, 0.2) is 47.5 Å². The van der Waals surface area contributed by atoms with Gasteiger partial charge < -0.3 is 21.7 Å². The zero-order valence-electron chi connectivity index (χ0n) is 19.6. The van der Waals surface area contributed by atoms with Crippen molar-refractivity contribution in [1.82, 2.24) is 10.2 Å². The van der Waals surface area contributed by atoms with Gasteiger partial charge in [0, 0.05) is 17.7 Å². The molecule has 1 saturated heterocycles. The van der Waals surface area contributed by atoms with E-state index in [1.807, 2.05) is 43.0 Å². The maximum Gasteiger partial charge on any atom is 0.240 e. The van der Waals surface area contributed by atoms with Gasteiger partial charge in [0.2, 0.25) is 5.91 Å². The Morgan fingerprint density at radius 2 is 1.88 bits per heavy atom. The largest absolute Gasteiger partial charge is 0.384 e. The number of rotatable bonds is 6. The van der Waals surface area contributed by atoms with E-state index in [1.165, 1.54) is 0 Å². The maximum atomic E-state index is 12.9. The first-order valence-electron chi connectivity index (χ1n) is 11.7. The van der Waals surface area contributed by atoms with Crippen molar-refractivity contribution in [3.8, 4) is 11.1 Å². The SMILES string of the molecule is Cc1cc(-c2ccc(C(=N)N)cc2)ccc1C1=NCC([C@@H]2CCCN2C(=O)[C@@H](N)C(C)C)N1. The summed E-state index contributed by atoms with van der Waals surface area (Å²) in [5.74, 6) is 1.14. The average Bonchev–Trinajstić information content (AvgIpc) is 3.47. The number of nitrogen functional groups attached to an aromatic ring is 1. The first-order chi connectivity index (χ1) is 15.8. The normalized spacial score (nSPS) is 21.1. The Labute approximate surface area is 195 Å². The van der Waals surface area contributed by atoms with Crippen LogP contribution in [0, 0.1) is 18.3 Å². The molecule has 33 heavy (non-hydrogen) atoms. The van der Waals surface area contributed by atoms with E-state index in [4.69, 9.17) is 21.9 Å². The van der Waals surface area contributed by atoms with Gasteiger partial charge in [-0.2, -0.15) is 0 Å². The van der Waals surface area contributed by atoms with E-state index in [0.717, 1.165) is 53.0 Å². The van der Waals surface area contributed by atoms with E-state index in [2.05, 4.69) is 30.4 Å². The lowest BCUT2D eigenvalue weighted by molar-refractivity contribution is -0.134. The summed E-state index contributed by atoms with van der Waals surface area (Å²) in [6.07, 6.45) is 1.98. The van der Waals surface area contributed by atoms with Gasteiger partial charge in [0.15, 0.2) is 0 Å². The first-order valence-corrected chi connectivity index (χ1v) is 11.7. The summed E-state index contributed by atoms with van der Waals surface area (Å²) in [4.78, 5) is 19.7. The predicted molar refractivity (Wildman–Crippen MR) is 134 cm³/mol. The number of carbonyl (C=O) groups is 1. The number of hydrogen-bond donors (Lipinski definition) is 4. The molecule has 2 aromatic carbocycles. The summed E-state index contributed by atoms with van der Waals surface area (Å²) in [7, 11) is 0. The van der Waals surface area contributed by atoms with Gasteiger partial charge in [-0.15, -0.1) is 0 Å². The second-order valence-corrected chi connectivity index (χ2v) is 9.47. The number of carbonyl (C=O) groups excluding carboxylic acids is 1. The van der Waals surface area contributed by atoms with Gasteiger partial charge in [0.1, 0.15) is 11.7 Å².